The number of hydrazine groups is 1. The summed E-state index contributed by atoms with van der Waals surface area (Å²) in [5.74, 6) is 0.926. The van der Waals surface area contributed by atoms with Crippen LogP contribution in [-0.4, -0.2) is 34.4 Å². The molecule has 1 aromatic heterocycles. The van der Waals surface area contributed by atoms with Gasteiger partial charge in [-0.3, -0.25) is 4.98 Å². The maximum atomic E-state index is 13.7. The van der Waals surface area contributed by atoms with E-state index in [0.29, 0.717) is 17.4 Å². The molecule has 0 spiro atoms. The van der Waals surface area contributed by atoms with Crippen molar-refractivity contribution < 1.29 is 9.53 Å². The van der Waals surface area contributed by atoms with Gasteiger partial charge in [-0.1, -0.05) is 59.2 Å². The van der Waals surface area contributed by atoms with Crippen LogP contribution in [0.3, 0.4) is 0 Å². The molecule has 1 amide bonds. The van der Waals surface area contributed by atoms with Gasteiger partial charge in [-0.25, -0.2) is 19.8 Å². The van der Waals surface area contributed by atoms with Crippen molar-refractivity contribution >= 4 is 34.8 Å². The molecule has 0 bridgehead atoms. The van der Waals surface area contributed by atoms with E-state index < -0.39 is 12.3 Å². The van der Waals surface area contributed by atoms with Crippen LogP contribution in [0.5, 0.6) is 0 Å². The lowest BCUT2D eigenvalue weighted by molar-refractivity contribution is 0.0910. The zero-order chi connectivity index (χ0) is 28.1. The number of hydrogen-bond donors (Lipinski definition) is 1. The van der Waals surface area contributed by atoms with E-state index in [9.17, 15) is 4.79 Å². The van der Waals surface area contributed by atoms with Crippen molar-refractivity contribution in [3.63, 3.8) is 0 Å². The molecule has 202 valence electrons. The van der Waals surface area contributed by atoms with Crippen molar-refractivity contribution in [3.05, 3.63) is 120 Å². The number of aryl methyl sites for hydroxylation is 3. The molecule has 0 saturated heterocycles. The summed E-state index contributed by atoms with van der Waals surface area (Å²) in [6, 6.07) is 29.4. The molecule has 1 unspecified atom stereocenters. The monoisotopic (exact) mass is 532 g/mol. The molecule has 8 heteroatoms. The summed E-state index contributed by atoms with van der Waals surface area (Å²) >= 11 is 0. The van der Waals surface area contributed by atoms with Gasteiger partial charge in [-0.15, -0.1) is 0 Å². The van der Waals surface area contributed by atoms with Crippen molar-refractivity contribution in [2.75, 3.05) is 16.9 Å². The number of amidine groups is 2. The van der Waals surface area contributed by atoms with Crippen molar-refractivity contribution in [2.24, 2.45) is 9.98 Å². The molecule has 40 heavy (non-hydrogen) atoms. The predicted octanol–water partition coefficient (Wildman–Crippen LogP) is 7.14. The van der Waals surface area contributed by atoms with Crippen LogP contribution in [0, 0.1) is 20.8 Å². The van der Waals surface area contributed by atoms with Crippen molar-refractivity contribution in [1.82, 2.24) is 9.99 Å². The first-order chi connectivity index (χ1) is 19.4. The SMILES string of the molecule is CCOC(=O)N1C(c2ccccn2)N=C(Nc2ccc(C)cc2)C(=Nc2ccc(C)cc2)N1c1ccc(C)cc1. The topological polar surface area (TPSA) is 82.4 Å². The van der Waals surface area contributed by atoms with E-state index in [1.165, 1.54) is 5.01 Å². The largest absolute Gasteiger partial charge is 0.448 e. The lowest BCUT2D eigenvalue weighted by atomic mass is 10.2. The van der Waals surface area contributed by atoms with Gasteiger partial charge < -0.3 is 10.1 Å². The number of amides is 1. The molecule has 1 aliphatic heterocycles. The Hall–Kier alpha value is -4.98. The molecule has 0 radical (unpaired) electrons. The Morgan fingerprint density at radius 3 is 2.10 bits per heavy atom. The quantitative estimate of drug-likeness (QED) is 0.295. The summed E-state index contributed by atoms with van der Waals surface area (Å²) in [6.45, 7) is 8.08. The molecular formula is C32H32N6O2. The van der Waals surface area contributed by atoms with E-state index in [-0.39, 0.29) is 6.61 Å². The Bertz CT molecular complexity index is 1510. The second kappa shape index (κ2) is 11.8. The van der Waals surface area contributed by atoms with E-state index >= 15 is 0 Å². The first-order valence-corrected chi connectivity index (χ1v) is 13.2. The van der Waals surface area contributed by atoms with Gasteiger partial charge in [0.2, 0.25) is 0 Å². The Morgan fingerprint density at radius 2 is 1.50 bits per heavy atom. The van der Waals surface area contributed by atoms with Crippen molar-refractivity contribution in [2.45, 2.75) is 33.9 Å². The van der Waals surface area contributed by atoms with Gasteiger partial charge in [0, 0.05) is 11.9 Å². The highest BCUT2D eigenvalue weighted by molar-refractivity contribution is 6.50. The predicted molar refractivity (Wildman–Crippen MR) is 160 cm³/mol. The Kier molecular flexibility index (Phi) is 7.87. The number of anilines is 2. The minimum atomic E-state index is -0.813. The van der Waals surface area contributed by atoms with E-state index in [4.69, 9.17) is 14.7 Å². The molecule has 8 nitrogen and oxygen atoms in total. The molecule has 0 saturated carbocycles. The smallest absolute Gasteiger partial charge is 0.431 e. The average molecular weight is 533 g/mol. The van der Waals surface area contributed by atoms with Gasteiger partial charge in [0.1, 0.15) is 0 Å². The number of pyridine rings is 1. The second-order valence-corrected chi connectivity index (χ2v) is 9.56. The molecule has 1 atom stereocenters. The second-order valence-electron chi connectivity index (χ2n) is 9.56. The third-order valence-corrected chi connectivity index (χ3v) is 6.38. The molecule has 4 aromatic rings. The van der Waals surface area contributed by atoms with Crippen LogP contribution in [0.15, 0.2) is 107 Å². The summed E-state index contributed by atoms with van der Waals surface area (Å²) < 4.78 is 5.56. The number of ether oxygens (including phenoxy) is 1. The maximum absolute atomic E-state index is 13.7. The highest BCUT2D eigenvalue weighted by Crippen LogP contribution is 2.34. The van der Waals surface area contributed by atoms with Gasteiger partial charge >= 0.3 is 6.09 Å². The summed E-state index contributed by atoms with van der Waals surface area (Å²) in [5, 5.41) is 6.70. The first kappa shape index (κ1) is 26.6. The van der Waals surface area contributed by atoms with Crippen LogP contribution in [0.4, 0.5) is 21.9 Å². The molecule has 0 fully saturated rings. The number of nitrogens with zero attached hydrogens (tertiary/aromatic N) is 5. The molecule has 3 aromatic carbocycles. The van der Waals surface area contributed by atoms with Crippen molar-refractivity contribution in [1.29, 1.82) is 0 Å². The highest BCUT2D eigenvalue weighted by Gasteiger charge is 2.41. The number of benzene rings is 3. The number of aromatic nitrogens is 1. The van der Waals surface area contributed by atoms with Crippen LogP contribution < -0.4 is 10.3 Å². The van der Waals surface area contributed by atoms with E-state index in [0.717, 1.165) is 33.8 Å². The van der Waals surface area contributed by atoms with Crippen LogP contribution in [-0.2, 0) is 4.74 Å². The number of nitrogens with one attached hydrogen (secondary N) is 1. The molecular weight excluding hydrogens is 500 g/mol. The zero-order valence-corrected chi connectivity index (χ0v) is 23.1. The molecule has 0 aliphatic carbocycles. The normalized spacial score (nSPS) is 16.1. The number of carbonyl (C=O) groups is 1. The standard InChI is InChI=1S/C32H32N6O2/c1-5-40-32(39)38-30(28-8-6-7-21-33-28)36-29(34-25-15-9-22(2)10-16-25)31(35-26-17-11-23(3)12-18-26)37(38)27-19-13-24(4)14-20-27/h6-21,30H,5H2,1-4H3,(H,34,36). The summed E-state index contributed by atoms with van der Waals surface area (Å²) in [4.78, 5) is 28.3. The highest BCUT2D eigenvalue weighted by atomic mass is 16.6. The van der Waals surface area contributed by atoms with Gasteiger partial charge in [0.25, 0.3) is 0 Å². The minimum absolute atomic E-state index is 0.203. The Balaban J connectivity index is 1.76. The fourth-order valence-corrected chi connectivity index (χ4v) is 4.27. The zero-order valence-electron chi connectivity index (χ0n) is 23.1. The fraction of sp³-hybridized carbons (Fsp3) is 0.188. The van der Waals surface area contributed by atoms with Crippen LogP contribution in [0.25, 0.3) is 0 Å². The van der Waals surface area contributed by atoms with Gasteiger partial charge in [0.05, 0.1) is 23.7 Å². The Morgan fingerprint density at radius 1 is 0.875 bits per heavy atom. The van der Waals surface area contributed by atoms with Crippen LogP contribution in [0.1, 0.15) is 35.5 Å². The number of aliphatic imine (C=N–C) groups is 2. The summed E-state index contributed by atoms with van der Waals surface area (Å²) in [5.41, 5.74) is 6.23. The molecule has 1 N–H and O–H groups in total. The van der Waals surface area contributed by atoms with Gasteiger partial charge in [-0.2, -0.15) is 5.01 Å². The maximum Gasteiger partial charge on any atom is 0.431 e. The van der Waals surface area contributed by atoms with Gasteiger partial charge in [-0.05, 0) is 76.2 Å². The molecule has 1 aliphatic rings. The fourth-order valence-electron chi connectivity index (χ4n) is 4.27. The molecule has 2 heterocycles. The number of hydrogen-bond acceptors (Lipinski definition) is 6. The van der Waals surface area contributed by atoms with Crippen LogP contribution >= 0.6 is 0 Å². The Labute approximate surface area is 234 Å². The average Bonchev–Trinajstić information content (AvgIpc) is 2.97. The van der Waals surface area contributed by atoms with Gasteiger partial charge in [0.15, 0.2) is 17.8 Å². The minimum Gasteiger partial charge on any atom is -0.448 e. The number of carbonyl (C=O) groups excluding carboxylic acids is 1. The first-order valence-electron chi connectivity index (χ1n) is 13.2. The number of rotatable bonds is 5. The van der Waals surface area contributed by atoms with Crippen LogP contribution in [0.2, 0.25) is 0 Å². The van der Waals surface area contributed by atoms with E-state index in [1.54, 1.807) is 18.1 Å². The molecule has 5 rings (SSSR count). The summed E-state index contributed by atoms with van der Waals surface area (Å²) in [6.07, 6.45) is 0.313. The van der Waals surface area contributed by atoms with E-state index in [1.807, 2.05) is 112 Å². The van der Waals surface area contributed by atoms with Crippen molar-refractivity contribution in [3.8, 4) is 0 Å². The lowest BCUT2D eigenvalue weighted by Crippen LogP contribution is -2.58. The third kappa shape index (κ3) is 5.86. The lowest BCUT2D eigenvalue weighted by Gasteiger charge is -2.42. The summed E-state index contributed by atoms with van der Waals surface area (Å²) in [7, 11) is 0. The van der Waals surface area contributed by atoms with E-state index in [2.05, 4.69) is 10.3 Å². The third-order valence-electron chi connectivity index (χ3n) is 6.38.